The van der Waals surface area contributed by atoms with Crippen molar-refractivity contribution in [3.8, 4) is 11.5 Å². The van der Waals surface area contributed by atoms with E-state index in [1.807, 2.05) is 0 Å². The smallest absolute Gasteiger partial charge is 0.150 e. The molecule has 0 radical (unpaired) electrons. The predicted molar refractivity (Wildman–Crippen MR) is 74.5 cm³/mol. The van der Waals surface area contributed by atoms with Gasteiger partial charge in [-0.2, -0.15) is 0 Å². The zero-order chi connectivity index (χ0) is 15.2. The lowest BCUT2D eigenvalue weighted by Gasteiger charge is -2.11. The van der Waals surface area contributed by atoms with Crippen LogP contribution in [0.1, 0.15) is 26.3 Å². The second-order valence-corrected chi connectivity index (χ2v) is 4.32. The molecule has 0 N–H and O–H groups in total. The van der Waals surface area contributed by atoms with Crippen molar-refractivity contribution >= 4 is 12.6 Å². The number of hydrogen-bond donors (Lipinski definition) is 0. The Morgan fingerprint density at radius 1 is 1.05 bits per heavy atom. The van der Waals surface area contributed by atoms with Crippen LogP contribution in [-0.4, -0.2) is 19.7 Å². The summed E-state index contributed by atoms with van der Waals surface area (Å²) in [5.41, 5.74) is 1.33. The second kappa shape index (κ2) is 6.65. The number of halogens is 1. The van der Waals surface area contributed by atoms with Crippen molar-refractivity contribution in [2.24, 2.45) is 0 Å². The quantitative estimate of drug-likeness (QED) is 0.767. The number of rotatable bonds is 6. The molecule has 21 heavy (non-hydrogen) atoms. The van der Waals surface area contributed by atoms with Gasteiger partial charge in [0.15, 0.2) is 0 Å². The highest BCUT2D eigenvalue weighted by Gasteiger charge is 2.07. The zero-order valence-corrected chi connectivity index (χ0v) is 11.3. The van der Waals surface area contributed by atoms with E-state index in [2.05, 4.69) is 0 Å². The molecule has 0 aliphatic rings. The molecule has 4 nitrogen and oxygen atoms in total. The Balaban J connectivity index is 2.21. The normalized spacial score (nSPS) is 10.0. The number of ether oxygens (including phenoxy) is 2. The highest BCUT2D eigenvalue weighted by molar-refractivity contribution is 5.76. The van der Waals surface area contributed by atoms with Crippen LogP contribution in [0.15, 0.2) is 36.4 Å². The van der Waals surface area contributed by atoms with Gasteiger partial charge in [-0.25, -0.2) is 4.39 Å². The Hall–Kier alpha value is -2.69. The number of hydrogen-bond acceptors (Lipinski definition) is 4. The fourth-order valence-electron chi connectivity index (χ4n) is 1.88. The van der Waals surface area contributed by atoms with Crippen molar-refractivity contribution in [1.29, 1.82) is 0 Å². The third kappa shape index (κ3) is 3.66. The third-order valence-corrected chi connectivity index (χ3v) is 2.86. The van der Waals surface area contributed by atoms with Gasteiger partial charge in [0.2, 0.25) is 0 Å². The number of methoxy groups -OCH3 is 1. The molecule has 0 saturated carbocycles. The van der Waals surface area contributed by atoms with Gasteiger partial charge in [0.25, 0.3) is 0 Å². The summed E-state index contributed by atoms with van der Waals surface area (Å²) < 4.78 is 23.9. The predicted octanol–water partition coefficient (Wildman–Crippen LogP) is 3.04. The minimum Gasteiger partial charge on any atom is -0.496 e. The third-order valence-electron chi connectivity index (χ3n) is 2.86. The first-order valence-electron chi connectivity index (χ1n) is 6.17. The van der Waals surface area contributed by atoms with Gasteiger partial charge in [-0.15, -0.1) is 0 Å². The summed E-state index contributed by atoms with van der Waals surface area (Å²) in [6, 6.07) is 8.65. The van der Waals surface area contributed by atoms with Gasteiger partial charge in [-0.1, -0.05) is 0 Å². The molecule has 0 bridgehead atoms. The van der Waals surface area contributed by atoms with Crippen LogP contribution in [-0.2, 0) is 6.61 Å². The van der Waals surface area contributed by atoms with E-state index in [1.165, 1.54) is 19.2 Å². The van der Waals surface area contributed by atoms with Crippen LogP contribution in [0.25, 0.3) is 0 Å². The molecule has 0 aliphatic carbocycles. The molecule has 0 aliphatic heterocycles. The van der Waals surface area contributed by atoms with Crippen LogP contribution in [0, 0.1) is 5.82 Å². The van der Waals surface area contributed by atoms with E-state index >= 15 is 0 Å². The maximum absolute atomic E-state index is 13.3. The molecule has 0 spiro atoms. The Kier molecular flexibility index (Phi) is 4.66. The Morgan fingerprint density at radius 2 is 1.81 bits per heavy atom. The minimum atomic E-state index is -0.553. The molecule has 0 amide bonds. The van der Waals surface area contributed by atoms with Crippen LogP contribution in [0.3, 0.4) is 0 Å². The maximum atomic E-state index is 13.3. The van der Waals surface area contributed by atoms with Gasteiger partial charge >= 0.3 is 0 Å². The number of aldehydes is 2. The van der Waals surface area contributed by atoms with Crippen molar-refractivity contribution in [1.82, 2.24) is 0 Å². The molecule has 0 saturated heterocycles. The molecule has 5 heteroatoms. The van der Waals surface area contributed by atoms with Crippen LogP contribution in [0.4, 0.5) is 4.39 Å². The summed E-state index contributed by atoms with van der Waals surface area (Å²) in [7, 11) is 1.51. The molecule has 0 heterocycles. The number of carbonyl (C=O) groups is 2. The fraction of sp³-hybridized carbons (Fsp3) is 0.125. The molecule has 2 rings (SSSR count). The van der Waals surface area contributed by atoms with Gasteiger partial charge in [0.05, 0.1) is 7.11 Å². The molecular formula is C16H13FO4. The average Bonchev–Trinajstić information content (AvgIpc) is 2.51. The van der Waals surface area contributed by atoms with Crippen LogP contribution >= 0.6 is 0 Å². The van der Waals surface area contributed by atoms with E-state index in [1.54, 1.807) is 18.2 Å². The molecule has 0 atom stereocenters. The lowest BCUT2D eigenvalue weighted by atomic mass is 10.1. The van der Waals surface area contributed by atoms with Gasteiger partial charge < -0.3 is 9.47 Å². The molecule has 0 aromatic heterocycles. The van der Waals surface area contributed by atoms with Gasteiger partial charge in [-0.3, -0.25) is 9.59 Å². The van der Waals surface area contributed by atoms with Crippen molar-refractivity contribution in [2.75, 3.05) is 7.11 Å². The maximum Gasteiger partial charge on any atom is 0.150 e. The standard InChI is InChI=1S/C16H13FO4/c1-20-16-3-2-11(8-18)4-13(16)10-21-15-6-12(9-19)5-14(17)7-15/h2-9H,10H2,1H3. The van der Waals surface area contributed by atoms with E-state index in [0.29, 0.717) is 23.2 Å². The highest BCUT2D eigenvalue weighted by Crippen LogP contribution is 2.22. The van der Waals surface area contributed by atoms with E-state index in [0.717, 1.165) is 12.4 Å². The molecule has 0 fully saturated rings. The number of benzene rings is 2. The summed E-state index contributed by atoms with van der Waals surface area (Å²) >= 11 is 0. The molecule has 0 unspecified atom stereocenters. The van der Waals surface area contributed by atoms with E-state index < -0.39 is 5.82 Å². The first-order valence-corrected chi connectivity index (χ1v) is 6.17. The summed E-state index contributed by atoms with van der Waals surface area (Å²) in [6.07, 6.45) is 1.26. The minimum absolute atomic E-state index is 0.0899. The summed E-state index contributed by atoms with van der Waals surface area (Å²) in [5.74, 6) is 0.242. The average molecular weight is 288 g/mol. The summed E-state index contributed by atoms with van der Waals surface area (Å²) in [6.45, 7) is 0.0899. The Morgan fingerprint density at radius 3 is 2.48 bits per heavy atom. The molecular weight excluding hydrogens is 275 g/mol. The van der Waals surface area contributed by atoms with Crippen molar-refractivity contribution < 1.29 is 23.5 Å². The fourth-order valence-corrected chi connectivity index (χ4v) is 1.88. The molecule has 2 aromatic rings. The summed E-state index contributed by atoms with van der Waals surface area (Å²) in [5, 5.41) is 0. The van der Waals surface area contributed by atoms with Gasteiger partial charge in [-0.05, 0) is 30.3 Å². The van der Waals surface area contributed by atoms with E-state index in [4.69, 9.17) is 9.47 Å². The lowest BCUT2D eigenvalue weighted by molar-refractivity contribution is 0.111. The summed E-state index contributed by atoms with van der Waals surface area (Å²) in [4.78, 5) is 21.5. The van der Waals surface area contributed by atoms with E-state index in [9.17, 15) is 14.0 Å². The second-order valence-electron chi connectivity index (χ2n) is 4.32. The zero-order valence-electron chi connectivity index (χ0n) is 11.3. The van der Waals surface area contributed by atoms with Crippen molar-refractivity contribution in [3.05, 3.63) is 58.9 Å². The lowest BCUT2D eigenvalue weighted by Crippen LogP contribution is -2.00. The van der Waals surface area contributed by atoms with E-state index in [-0.39, 0.29) is 17.9 Å². The first-order chi connectivity index (χ1) is 10.2. The van der Waals surface area contributed by atoms with Crippen LogP contribution in [0.5, 0.6) is 11.5 Å². The topological polar surface area (TPSA) is 52.6 Å². The Bertz CT molecular complexity index is 667. The van der Waals surface area contributed by atoms with Crippen LogP contribution in [0.2, 0.25) is 0 Å². The SMILES string of the molecule is COc1ccc(C=O)cc1COc1cc(F)cc(C=O)c1. The molecule has 108 valence electrons. The largest absolute Gasteiger partial charge is 0.496 e. The van der Waals surface area contributed by atoms with Gasteiger partial charge in [0, 0.05) is 22.8 Å². The first kappa shape index (κ1) is 14.7. The van der Waals surface area contributed by atoms with Gasteiger partial charge in [0.1, 0.15) is 36.5 Å². The number of carbonyl (C=O) groups excluding carboxylic acids is 2. The molecule has 2 aromatic carbocycles. The Labute approximate surface area is 121 Å². The van der Waals surface area contributed by atoms with Crippen LogP contribution < -0.4 is 9.47 Å². The highest BCUT2D eigenvalue weighted by atomic mass is 19.1. The monoisotopic (exact) mass is 288 g/mol. The van der Waals surface area contributed by atoms with Crippen molar-refractivity contribution in [3.63, 3.8) is 0 Å². The van der Waals surface area contributed by atoms with Crippen molar-refractivity contribution in [2.45, 2.75) is 6.61 Å².